The summed E-state index contributed by atoms with van der Waals surface area (Å²) in [5.41, 5.74) is 19.8. The van der Waals surface area contributed by atoms with Crippen LogP contribution in [0.25, 0.3) is 44.5 Å². The van der Waals surface area contributed by atoms with E-state index in [1.165, 1.54) is 92.7 Å². The first kappa shape index (κ1) is 55.4. The molecule has 4 aliphatic rings. The molecule has 1 spiro atoms. The van der Waals surface area contributed by atoms with Gasteiger partial charge in [0.15, 0.2) is 31.0 Å². The molecule has 0 amide bonds. The lowest BCUT2D eigenvalue weighted by atomic mass is 9.86. The van der Waals surface area contributed by atoms with Gasteiger partial charge in [-0.05, 0) is 162 Å². The van der Waals surface area contributed by atoms with E-state index in [-0.39, 0.29) is 33.5 Å². The predicted molar refractivity (Wildman–Crippen MR) is 359 cm³/mol. The molecule has 0 bridgehead atoms. The average molecular weight is 1140 g/mol. The van der Waals surface area contributed by atoms with Crippen molar-refractivity contribution in [1.29, 1.82) is 0 Å². The zero-order valence-corrected chi connectivity index (χ0v) is 53.3. The van der Waals surface area contributed by atoms with Gasteiger partial charge in [-0.25, -0.2) is 9.97 Å². The average Bonchev–Trinajstić information content (AvgIpc) is 1.50. The first-order valence-corrected chi connectivity index (χ1v) is 33.9. The third kappa shape index (κ3) is 9.23. The van der Waals surface area contributed by atoms with Crippen LogP contribution in [-0.4, -0.2) is 18.0 Å². The van der Waals surface area contributed by atoms with Crippen LogP contribution in [0.15, 0.2) is 167 Å². The summed E-state index contributed by atoms with van der Waals surface area (Å²) in [5.74, 6) is 2.15. The molecule has 2 aliphatic carbocycles. The molecular weight excluding hydrogens is 1050 g/mol. The third-order valence-electron chi connectivity index (χ3n) is 19.7. The maximum Gasteiger partial charge on any atom is 0.198 e. The number of oxazole rings is 2. The lowest BCUT2D eigenvalue weighted by Crippen LogP contribution is -2.70. The van der Waals surface area contributed by atoms with E-state index in [4.69, 9.17) is 18.8 Å². The second-order valence-electron chi connectivity index (χ2n) is 29.5. The molecule has 7 heteroatoms. The topological polar surface area (TPSA) is 58.5 Å². The maximum atomic E-state index is 7.75. The highest BCUT2D eigenvalue weighted by molar-refractivity contribution is 7.24. The van der Waals surface area contributed by atoms with Gasteiger partial charge in [-0.3, -0.25) is 0 Å². The molecular formula is C78H84N4O2Si. The Kier molecular flexibility index (Phi) is 13.2. The molecule has 0 unspecified atom stereocenters. The molecule has 2 saturated carbocycles. The van der Waals surface area contributed by atoms with E-state index in [1.54, 1.807) is 0 Å². The van der Waals surface area contributed by atoms with Crippen LogP contribution in [0, 0.1) is 0 Å². The van der Waals surface area contributed by atoms with Crippen molar-refractivity contribution in [3.63, 3.8) is 0 Å². The fourth-order valence-electron chi connectivity index (χ4n) is 14.9. The highest BCUT2D eigenvalue weighted by Gasteiger charge is 2.57. The van der Waals surface area contributed by atoms with Crippen LogP contribution in [0.2, 0.25) is 0 Å². The molecule has 10 aromatic rings. The first-order valence-electron chi connectivity index (χ1n) is 31.9. The van der Waals surface area contributed by atoms with Crippen molar-refractivity contribution in [2.45, 2.75) is 181 Å². The van der Waals surface area contributed by atoms with Crippen molar-refractivity contribution in [3.05, 3.63) is 192 Å². The molecule has 6 nitrogen and oxygen atoms in total. The monoisotopic (exact) mass is 1140 g/mol. The highest BCUT2D eigenvalue weighted by atomic mass is 28.3. The second-order valence-corrected chi connectivity index (χ2v) is 33.1. The van der Waals surface area contributed by atoms with E-state index in [2.05, 4.69) is 251 Å². The van der Waals surface area contributed by atoms with Crippen molar-refractivity contribution in [2.75, 3.05) is 9.80 Å². The van der Waals surface area contributed by atoms with E-state index < -0.39 is 8.07 Å². The molecule has 0 radical (unpaired) electrons. The minimum atomic E-state index is -3.37. The summed E-state index contributed by atoms with van der Waals surface area (Å²) in [5, 5.41) is 5.39. The van der Waals surface area contributed by atoms with Crippen LogP contribution in [0.3, 0.4) is 0 Å². The number of anilines is 6. The number of hydrogen-bond acceptors (Lipinski definition) is 6. The molecule has 4 heterocycles. The predicted octanol–water partition coefficient (Wildman–Crippen LogP) is 19.5. The highest BCUT2D eigenvalue weighted by Crippen LogP contribution is 2.52. The van der Waals surface area contributed by atoms with Gasteiger partial charge in [-0.1, -0.05) is 219 Å². The van der Waals surface area contributed by atoms with Gasteiger partial charge in [0.2, 0.25) is 0 Å². The van der Waals surface area contributed by atoms with Gasteiger partial charge in [0.05, 0.1) is 11.4 Å². The van der Waals surface area contributed by atoms with Gasteiger partial charge < -0.3 is 18.6 Å². The zero-order chi connectivity index (χ0) is 59.0. The van der Waals surface area contributed by atoms with Crippen molar-refractivity contribution < 1.29 is 8.83 Å². The van der Waals surface area contributed by atoms with Gasteiger partial charge >= 0.3 is 0 Å². The van der Waals surface area contributed by atoms with Crippen molar-refractivity contribution in [3.8, 4) is 22.3 Å². The standard InChI is InChI=1S/C78H84N4O2Si/c1-75(2,3)51-31-39-55(40-32-51)81(56-41-33-52(34-42-56)76(4,5)6)61-47-65-67(71-69(61)79-73(83-71)49-23-15-13-16-24-49)68-66(85(65)63-29-21-19-27-59(63)60-28-20-22-30-64(60)85)48-62(70-72(68)84-74(80-70)50-25-17-14-18-26-50)82(57-43-35-53(36-44-57)77(7,8)9)58-45-37-54(38-46-58)78(10,11)12/h19-22,27-50H,13-18,23-26H2,1-12H3. The molecule has 0 saturated heterocycles. The van der Waals surface area contributed by atoms with Gasteiger partial charge in [0.25, 0.3) is 0 Å². The summed E-state index contributed by atoms with van der Waals surface area (Å²) in [6.45, 7) is 27.6. The first-order chi connectivity index (χ1) is 40.7. The minimum absolute atomic E-state index is 0.0182. The van der Waals surface area contributed by atoms with Crippen LogP contribution < -0.4 is 30.5 Å². The number of fused-ring (bicyclic) bond motifs is 14. The quantitative estimate of drug-likeness (QED) is 0.141. The van der Waals surface area contributed by atoms with Gasteiger partial charge in [0, 0.05) is 45.7 Å². The third-order valence-corrected chi connectivity index (χ3v) is 24.6. The molecule has 14 rings (SSSR count). The largest absolute Gasteiger partial charge is 0.440 e. The maximum absolute atomic E-state index is 7.75. The van der Waals surface area contributed by atoms with Crippen molar-refractivity contribution in [2.24, 2.45) is 0 Å². The Morgan fingerprint density at radius 1 is 0.365 bits per heavy atom. The molecule has 0 N–H and O–H groups in total. The number of benzene rings is 8. The summed E-state index contributed by atoms with van der Waals surface area (Å²) < 4.78 is 15.5. The van der Waals surface area contributed by atoms with E-state index in [0.717, 1.165) is 105 Å². The molecule has 85 heavy (non-hydrogen) atoms. The summed E-state index contributed by atoms with van der Waals surface area (Å²) >= 11 is 0. The lowest BCUT2D eigenvalue weighted by Gasteiger charge is -2.32. The number of rotatable bonds is 8. The van der Waals surface area contributed by atoms with E-state index in [9.17, 15) is 0 Å². The fourth-order valence-corrected chi connectivity index (χ4v) is 20.5. The van der Waals surface area contributed by atoms with Gasteiger partial charge in [-0.15, -0.1) is 0 Å². The summed E-state index contributed by atoms with van der Waals surface area (Å²) in [7, 11) is -3.37. The van der Waals surface area contributed by atoms with E-state index >= 15 is 0 Å². The van der Waals surface area contributed by atoms with Crippen LogP contribution in [-0.2, 0) is 21.7 Å². The number of nitrogens with zero attached hydrogens (tertiary/aromatic N) is 4. The van der Waals surface area contributed by atoms with Crippen LogP contribution in [0.5, 0.6) is 0 Å². The Morgan fingerprint density at radius 3 is 0.953 bits per heavy atom. The van der Waals surface area contributed by atoms with Crippen LogP contribution in [0.1, 0.15) is 193 Å². The molecule has 432 valence electrons. The Bertz CT molecular complexity index is 3780. The molecule has 0 atom stereocenters. The SMILES string of the molecule is CC(C)(C)c1ccc(N(c2ccc(C(C)(C)C)cc2)c2cc3c(c4oc(C5CCCCC5)nc24)-c2c(cc(N(c4ccc(C(C)(C)C)cc4)c4ccc(C(C)(C)C)cc4)c4nc(C5CCCCC5)oc24)[Si]32c3ccccc3-c3ccccc32)cc1. The summed E-state index contributed by atoms with van der Waals surface area (Å²) in [6.07, 6.45) is 11.4. The van der Waals surface area contributed by atoms with Crippen molar-refractivity contribution >= 4 is 85.1 Å². The number of hydrogen-bond donors (Lipinski definition) is 0. The van der Waals surface area contributed by atoms with E-state index in [1.807, 2.05) is 0 Å². The second kappa shape index (κ2) is 20.3. The number of aromatic nitrogens is 2. The smallest absolute Gasteiger partial charge is 0.198 e. The normalized spacial score (nSPS) is 16.2. The Hall–Kier alpha value is -7.48. The minimum Gasteiger partial charge on any atom is -0.440 e. The van der Waals surface area contributed by atoms with Gasteiger partial charge in [-0.2, -0.15) is 0 Å². The summed E-state index contributed by atoms with van der Waals surface area (Å²) in [4.78, 5) is 16.7. The molecule has 2 aromatic heterocycles. The molecule has 8 aromatic carbocycles. The summed E-state index contributed by atoms with van der Waals surface area (Å²) in [6, 6.07) is 61.1. The molecule has 2 aliphatic heterocycles. The van der Waals surface area contributed by atoms with Gasteiger partial charge in [0.1, 0.15) is 11.0 Å². The van der Waals surface area contributed by atoms with Crippen LogP contribution in [0.4, 0.5) is 34.1 Å². The lowest BCUT2D eigenvalue weighted by molar-refractivity contribution is 0.373. The molecule has 2 fully saturated rings. The Morgan fingerprint density at radius 2 is 0.659 bits per heavy atom. The Labute approximate surface area is 505 Å². The van der Waals surface area contributed by atoms with E-state index in [0.29, 0.717) is 0 Å². The fraction of sp³-hybridized carbons (Fsp3) is 0.359. The van der Waals surface area contributed by atoms with Crippen molar-refractivity contribution in [1.82, 2.24) is 9.97 Å². The van der Waals surface area contributed by atoms with Crippen LogP contribution >= 0.6 is 0 Å². The Balaban J connectivity index is 1.14. The zero-order valence-electron chi connectivity index (χ0n) is 52.3.